The highest BCUT2D eigenvalue weighted by Gasteiger charge is 2.11. The minimum atomic E-state index is -0.871. The van der Waals surface area contributed by atoms with E-state index in [2.05, 4.69) is 25.8 Å². The molecule has 0 aliphatic heterocycles. The number of carbonyl (C=O) groups excluding carboxylic acids is 1. The molecule has 3 rings (SSSR count). The van der Waals surface area contributed by atoms with E-state index in [1.807, 2.05) is 0 Å². The molecular weight excluding hydrogens is 320 g/mol. The lowest BCUT2D eigenvalue weighted by Gasteiger charge is -2.06. The quantitative estimate of drug-likeness (QED) is 0.763. The SMILES string of the molecule is Cc1cc(Nc2ncc(C(=O)Nc3ccc(F)cc3F)cn2)no1. The van der Waals surface area contributed by atoms with E-state index in [0.717, 1.165) is 12.1 Å². The van der Waals surface area contributed by atoms with Crippen molar-refractivity contribution in [3.05, 3.63) is 59.6 Å². The highest BCUT2D eigenvalue weighted by molar-refractivity contribution is 6.03. The van der Waals surface area contributed by atoms with Gasteiger partial charge in [-0.2, -0.15) is 0 Å². The second-order valence-electron chi connectivity index (χ2n) is 4.82. The molecule has 0 saturated heterocycles. The topological polar surface area (TPSA) is 92.9 Å². The maximum atomic E-state index is 13.5. The molecule has 1 amide bonds. The molecule has 2 aromatic heterocycles. The number of nitrogens with one attached hydrogen (secondary N) is 2. The van der Waals surface area contributed by atoms with Gasteiger partial charge in [-0.15, -0.1) is 0 Å². The number of rotatable bonds is 4. The molecule has 7 nitrogen and oxygen atoms in total. The minimum Gasteiger partial charge on any atom is -0.360 e. The Bertz CT molecular complexity index is 880. The van der Waals surface area contributed by atoms with Crippen molar-refractivity contribution in [3.63, 3.8) is 0 Å². The predicted octanol–water partition coefficient (Wildman–Crippen LogP) is 3.05. The molecule has 0 fully saturated rings. The van der Waals surface area contributed by atoms with E-state index in [-0.39, 0.29) is 17.2 Å². The van der Waals surface area contributed by atoms with Crippen LogP contribution in [-0.2, 0) is 0 Å². The molecule has 0 aliphatic carbocycles. The monoisotopic (exact) mass is 331 g/mol. The van der Waals surface area contributed by atoms with Gasteiger partial charge in [0.2, 0.25) is 5.95 Å². The van der Waals surface area contributed by atoms with Gasteiger partial charge in [0.25, 0.3) is 5.91 Å². The first-order valence-electron chi connectivity index (χ1n) is 6.80. The predicted molar refractivity (Wildman–Crippen MR) is 80.9 cm³/mol. The van der Waals surface area contributed by atoms with Crippen LogP contribution in [0.2, 0.25) is 0 Å². The molecule has 24 heavy (non-hydrogen) atoms. The van der Waals surface area contributed by atoms with Gasteiger partial charge in [-0.05, 0) is 19.1 Å². The number of aryl methyl sites for hydroxylation is 1. The van der Waals surface area contributed by atoms with E-state index in [4.69, 9.17) is 4.52 Å². The van der Waals surface area contributed by atoms with Gasteiger partial charge in [0, 0.05) is 24.5 Å². The number of benzene rings is 1. The summed E-state index contributed by atoms with van der Waals surface area (Å²) in [5, 5.41) is 8.84. The van der Waals surface area contributed by atoms with Crippen molar-refractivity contribution in [1.29, 1.82) is 0 Å². The van der Waals surface area contributed by atoms with Gasteiger partial charge in [0.05, 0.1) is 11.3 Å². The van der Waals surface area contributed by atoms with E-state index in [1.165, 1.54) is 12.4 Å². The molecule has 0 bridgehead atoms. The molecule has 0 atom stereocenters. The van der Waals surface area contributed by atoms with Crippen LogP contribution in [0.4, 0.5) is 26.2 Å². The zero-order chi connectivity index (χ0) is 17.1. The number of halogens is 2. The summed E-state index contributed by atoms with van der Waals surface area (Å²) in [7, 11) is 0. The van der Waals surface area contributed by atoms with Crippen molar-refractivity contribution in [2.24, 2.45) is 0 Å². The first-order chi connectivity index (χ1) is 11.5. The summed E-state index contributed by atoms with van der Waals surface area (Å²) in [6, 6.07) is 4.51. The Labute approximate surface area is 134 Å². The number of aromatic nitrogens is 3. The second kappa shape index (κ2) is 6.41. The third-order valence-corrected chi connectivity index (χ3v) is 2.96. The lowest BCUT2D eigenvalue weighted by atomic mass is 10.2. The first kappa shape index (κ1) is 15.5. The molecule has 2 N–H and O–H groups in total. The maximum absolute atomic E-state index is 13.5. The van der Waals surface area contributed by atoms with E-state index in [9.17, 15) is 13.6 Å². The number of carbonyl (C=O) groups is 1. The third-order valence-electron chi connectivity index (χ3n) is 2.96. The van der Waals surface area contributed by atoms with Crippen LogP contribution in [0, 0.1) is 18.6 Å². The Morgan fingerprint density at radius 3 is 2.54 bits per heavy atom. The van der Waals surface area contributed by atoms with Crippen LogP contribution in [0.1, 0.15) is 16.1 Å². The average molecular weight is 331 g/mol. The Balaban J connectivity index is 1.69. The summed E-state index contributed by atoms with van der Waals surface area (Å²) < 4.78 is 31.3. The highest BCUT2D eigenvalue weighted by atomic mass is 19.1. The Morgan fingerprint density at radius 1 is 1.17 bits per heavy atom. The van der Waals surface area contributed by atoms with Crippen LogP contribution >= 0.6 is 0 Å². The fourth-order valence-corrected chi connectivity index (χ4v) is 1.84. The lowest BCUT2D eigenvalue weighted by Crippen LogP contribution is -2.14. The van der Waals surface area contributed by atoms with Gasteiger partial charge in [-0.25, -0.2) is 18.7 Å². The van der Waals surface area contributed by atoms with Crippen molar-refractivity contribution in [2.75, 3.05) is 10.6 Å². The number of amides is 1. The van der Waals surface area contributed by atoms with Crippen molar-refractivity contribution < 1.29 is 18.1 Å². The van der Waals surface area contributed by atoms with E-state index < -0.39 is 17.5 Å². The molecule has 9 heteroatoms. The lowest BCUT2D eigenvalue weighted by molar-refractivity contribution is 0.102. The van der Waals surface area contributed by atoms with Crippen LogP contribution in [0.25, 0.3) is 0 Å². The standard InChI is InChI=1S/C15H11F2N5O2/c1-8-4-13(22-24-8)21-15-18-6-9(7-19-15)14(23)20-12-3-2-10(16)5-11(12)17/h2-7H,1H3,(H,20,23)(H,18,19,21,22). The van der Waals surface area contributed by atoms with Gasteiger partial charge < -0.3 is 15.2 Å². The molecular formula is C15H11F2N5O2. The molecule has 0 unspecified atom stereocenters. The first-order valence-corrected chi connectivity index (χ1v) is 6.80. The van der Waals surface area contributed by atoms with E-state index in [0.29, 0.717) is 17.6 Å². The number of anilines is 3. The second-order valence-corrected chi connectivity index (χ2v) is 4.82. The van der Waals surface area contributed by atoms with Gasteiger partial charge in [-0.3, -0.25) is 4.79 Å². The summed E-state index contributed by atoms with van der Waals surface area (Å²) in [4.78, 5) is 20.0. The zero-order valence-corrected chi connectivity index (χ0v) is 12.4. The normalized spacial score (nSPS) is 10.5. The summed E-state index contributed by atoms with van der Waals surface area (Å²) >= 11 is 0. The third kappa shape index (κ3) is 3.51. The van der Waals surface area contributed by atoms with Crippen LogP contribution in [-0.4, -0.2) is 21.0 Å². The minimum absolute atomic E-state index is 0.112. The van der Waals surface area contributed by atoms with Crippen LogP contribution in [0.15, 0.2) is 41.2 Å². The van der Waals surface area contributed by atoms with Crippen molar-refractivity contribution >= 4 is 23.4 Å². The molecule has 0 spiro atoms. The molecule has 0 saturated carbocycles. The molecule has 0 radical (unpaired) electrons. The summed E-state index contributed by atoms with van der Waals surface area (Å²) in [5.74, 6) is -0.957. The van der Waals surface area contributed by atoms with Crippen molar-refractivity contribution in [1.82, 2.24) is 15.1 Å². The van der Waals surface area contributed by atoms with Gasteiger partial charge in [0.1, 0.15) is 17.4 Å². The van der Waals surface area contributed by atoms with E-state index >= 15 is 0 Å². The highest BCUT2D eigenvalue weighted by Crippen LogP contribution is 2.16. The van der Waals surface area contributed by atoms with Crippen LogP contribution in [0.5, 0.6) is 0 Å². The smallest absolute Gasteiger partial charge is 0.258 e. The van der Waals surface area contributed by atoms with Gasteiger partial charge in [0.15, 0.2) is 5.82 Å². The number of hydrogen-bond donors (Lipinski definition) is 2. The van der Waals surface area contributed by atoms with Gasteiger partial charge >= 0.3 is 0 Å². The Kier molecular flexibility index (Phi) is 4.15. The fourth-order valence-electron chi connectivity index (χ4n) is 1.84. The number of hydrogen-bond acceptors (Lipinski definition) is 6. The van der Waals surface area contributed by atoms with Crippen LogP contribution in [0.3, 0.4) is 0 Å². The summed E-state index contributed by atoms with van der Waals surface area (Å²) in [6.45, 7) is 1.74. The van der Waals surface area contributed by atoms with Crippen molar-refractivity contribution in [2.45, 2.75) is 6.92 Å². The molecule has 0 aliphatic rings. The maximum Gasteiger partial charge on any atom is 0.258 e. The molecule has 3 aromatic rings. The summed E-state index contributed by atoms with van der Waals surface area (Å²) in [5.41, 5.74) is -0.0257. The Morgan fingerprint density at radius 2 is 1.92 bits per heavy atom. The largest absolute Gasteiger partial charge is 0.360 e. The van der Waals surface area contributed by atoms with E-state index in [1.54, 1.807) is 13.0 Å². The average Bonchev–Trinajstić information content (AvgIpc) is 2.96. The number of nitrogens with zero attached hydrogens (tertiary/aromatic N) is 3. The fraction of sp³-hybridized carbons (Fsp3) is 0.0667. The van der Waals surface area contributed by atoms with Crippen molar-refractivity contribution in [3.8, 4) is 0 Å². The summed E-state index contributed by atoms with van der Waals surface area (Å²) in [6.07, 6.45) is 2.53. The Hall–Kier alpha value is -3.36. The molecule has 2 heterocycles. The molecule has 1 aromatic carbocycles. The van der Waals surface area contributed by atoms with Crippen LogP contribution < -0.4 is 10.6 Å². The zero-order valence-electron chi connectivity index (χ0n) is 12.4. The van der Waals surface area contributed by atoms with Gasteiger partial charge in [-0.1, -0.05) is 5.16 Å². The molecule has 122 valence electrons.